The summed E-state index contributed by atoms with van der Waals surface area (Å²) in [6.07, 6.45) is 0. The fourth-order valence-electron chi connectivity index (χ4n) is 1.51. The van der Waals surface area contributed by atoms with Crippen LogP contribution in [0.15, 0.2) is 5.38 Å². The number of thiazole rings is 1. The first kappa shape index (κ1) is 16.4. The molecule has 1 amide bonds. The SMILES string of the molecule is CCOC(=O)C(C)(C)c1csc(NC(C)C(=O)NC)n1. The molecule has 6 nitrogen and oxygen atoms in total. The summed E-state index contributed by atoms with van der Waals surface area (Å²) < 4.78 is 5.05. The van der Waals surface area contributed by atoms with Gasteiger partial charge in [0.05, 0.1) is 12.3 Å². The highest BCUT2D eigenvalue weighted by Crippen LogP contribution is 2.28. The lowest BCUT2D eigenvalue weighted by atomic mass is 9.90. The Balaban J connectivity index is 2.81. The minimum Gasteiger partial charge on any atom is -0.465 e. The van der Waals surface area contributed by atoms with E-state index in [2.05, 4.69) is 15.6 Å². The predicted molar refractivity (Wildman–Crippen MR) is 78.9 cm³/mol. The number of nitrogens with one attached hydrogen (secondary N) is 2. The summed E-state index contributed by atoms with van der Waals surface area (Å²) in [5, 5.41) is 7.96. The number of carbonyl (C=O) groups is 2. The maximum Gasteiger partial charge on any atom is 0.317 e. The molecule has 7 heteroatoms. The summed E-state index contributed by atoms with van der Waals surface area (Å²) in [7, 11) is 1.58. The van der Waals surface area contributed by atoms with Gasteiger partial charge in [-0.15, -0.1) is 11.3 Å². The van der Waals surface area contributed by atoms with E-state index in [1.165, 1.54) is 11.3 Å². The Bertz CT molecular complexity index is 485. The van der Waals surface area contributed by atoms with E-state index in [4.69, 9.17) is 4.74 Å². The lowest BCUT2D eigenvalue weighted by Crippen LogP contribution is -2.35. The third-order valence-electron chi connectivity index (χ3n) is 2.91. The van der Waals surface area contributed by atoms with Crippen LogP contribution in [-0.2, 0) is 19.7 Å². The number of carbonyl (C=O) groups excluding carboxylic acids is 2. The van der Waals surface area contributed by atoms with E-state index in [1.807, 2.05) is 0 Å². The average Bonchev–Trinajstić information content (AvgIpc) is 2.87. The largest absolute Gasteiger partial charge is 0.465 e. The van der Waals surface area contributed by atoms with Gasteiger partial charge in [0.15, 0.2) is 5.13 Å². The Morgan fingerprint density at radius 2 is 2.15 bits per heavy atom. The van der Waals surface area contributed by atoms with E-state index in [0.717, 1.165) is 0 Å². The van der Waals surface area contributed by atoms with E-state index in [1.54, 1.807) is 40.1 Å². The Morgan fingerprint density at radius 3 is 2.70 bits per heavy atom. The van der Waals surface area contributed by atoms with Crippen molar-refractivity contribution in [2.75, 3.05) is 19.0 Å². The van der Waals surface area contributed by atoms with Gasteiger partial charge in [0.1, 0.15) is 11.5 Å². The molecular formula is C13H21N3O3S. The van der Waals surface area contributed by atoms with Gasteiger partial charge in [0.2, 0.25) is 5.91 Å². The number of anilines is 1. The van der Waals surface area contributed by atoms with Gasteiger partial charge < -0.3 is 15.4 Å². The Kier molecular flexibility index (Phi) is 5.50. The predicted octanol–water partition coefficient (Wildman–Crippen LogP) is 1.53. The zero-order chi connectivity index (χ0) is 15.3. The van der Waals surface area contributed by atoms with E-state index in [9.17, 15) is 9.59 Å². The molecule has 0 spiro atoms. The topological polar surface area (TPSA) is 80.3 Å². The van der Waals surface area contributed by atoms with Crippen LogP contribution >= 0.6 is 11.3 Å². The summed E-state index contributed by atoms with van der Waals surface area (Å²) >= 11 is 1.36. The minimum atomic E-state index is -0.803. The number of nitrogens with zero attached hydrogens (tertiary/aromatic N) is 1. The molecule has 1 atom stereocenters. The van der Waals surface area contributed by atoms with Crippen LogP contribution in [0.4, 0.5) is 5.13 Å². The number of esters is 1. The molecule has 0 aliphatic rings. The van der Waals surface area contributed by atoms with Crippen LogP contribution in [0.5, 0.6) is 0 Å². The highest BCUT2D eigenvalue weighted by atomic mass is 32.1. The number of hydrogen-bond acceptors (Lipinski definition) is 6. The first-order valence-corrected chi connectivity index (χ1v) is 7.32. The van der Waals surface area contributed by atoms with Gasteiger partial charge in [-0.05, 0) is 27.7 Å². The van der Waals surface area contributed by atoms with E-state index in [0.29, 0.717) is 17.4 Å². The van der Waals surface area contributed by atoms with E-state index >= 15 is 0 Å². The molecule has 1 aromatic heterocycles. The molecule has 0 saturated heterocycles. The van der Waals surface area contributed by atoms with Crippen LogP contribution in [0.2, 0.25) is 0 Å². The zero-order valence-corrected chi connectivity index (χ0v) is 13.3. The molecule has 2 N–H and O–H groups in total. The normalized spacial score (nSPS) is 12.7. The van der Waals surface area contributed by atoms with Gasteiger partial charge >= 0.3 is 5.97 Å². The molecule has 0 bridgehead atoms. The third-order valence-corrected chi connectivity index (χ3v) is 3.68. The third kappa shape index (κ3) is 3.69. The monoisotopic (exact) mass is 299 g/mol. The van der Waals surface area contributed by atoms with Crippen LogP contribution in [0.3, 0.4) is 0 Å². The maximum absolute atomic E-state index is 11.9. The molecule has 0 fully saturated rings. The summed E-state index contributed by atoms with van der Waals surface area (Å²) in [5.41, 5.74) is -0.171. The molecule has 1 rings (SSSR count). The molecule has 1 unspecified atom stereocenters. The molecule has 0 aliphatic heterocycles. The standard InChI is InChI=1S/C13H21N3O3S/c1-6-19-11(18)13(3,4)9-7-20-12(16-9)15-8(2)10(17)14-5/h7-8H,6H2,1-5H3,(H,14,17)(H,15,16). The molecule has 1 aromatic rings. The van der Waals surface area contributed by atoms with Crippen molar-refractivity contribution in [3.63, 3.8) is 0 Å². The van der Waals surface area contributed by atoms with Gasteiger partial charge in [0, 0.05) is 12.4 Å². The second-order valence-corrected chi connectivity index (χ2v) is 5.72. The Hall–Kier alpha value is -1.63. The van der Waals surface area contributed by atoms with Gasteiger partial charge in [-0.25, -0.2) is 4.98 Å². The number of amides is 1. The molecule has 0 aliphatic carbocycles. The van der Waals surface area contributed by atoms with Crippen LogP contribution in [-0.4, -0.2) is 36.6 Å². The van der Waals surface area contributed by atoms with Gasteiger partial charge in [-0.1, -0.05) is 0 Å². The quantitative estimate of drug-likeness (QED) is 0.779. The lowest BCUT2D eigenvalue weighted by molar-refractivity contribution is -0.148. The number of aromatic nitrogens is 1. The summed E-state index contributed by atoms with van der Waals surface area (Å²) in [6, 6.07) is -0.385. The van der Waals surface area contributed by atoms with Crippen molar-refractivity contribution in [1.29, 1.82) is 0 Å². The van der Waals surface area contributed by atoms with Crippen LogP contribution in [0, 0.1) is 0 Å². The van der Waals surface area contributed by atoms with Gasteiger partial charge in [0.25, 0.3) is 0 Å². The number of ether oxygens (including phenoxy) is 1. The summed E-state index contributed by atoms with van der Waals surface area (Å²) in [6.45, 7) is 7.40. The Labute approximate surface area is 122 Å². The smallest absolute Gasteiger partial charge is 0.317 e. The van der Waals surface area contributed by atoms with Gasteiger partial charge in [-0.3, -0.25) is 9.59 Å². The molecule has 112 valence electrons. The van der Waals surface area contributed by atoms with Gasteiger partial charge in [-0.2, -0.15) is 0 Å². The van der Waals surface area contributed by atoms with Crippen molar-refractivity contribution >= 4 is 28.3 Å². The van der Waals surface area contributed by atoms with Crippen molar-refractivity contribution in [2.45, 2.75) is 39.2 Å². The van der Waals surface area contributed by atoms with E-state index in [-0.39, 0.29) is 17.9 Å². The van der Waals surface area contributed by atoms with Crippen LogP contribution in [0.1, 0.15) is 33.4 Å². The van der Waals surface area contributed by atoms with Crippen molar-refractivity contribution in [3.8, 4) is 0 Å². The highest BCUT2D eigenvalue weighted by molar-refractivity contribution is 7.13. The zero-order valence-electron chi connectivity index (χ0n) is 12.4. The minimum absolute atomic E-state index is 0.119. The molecule has 0 radical (unpaired) electrons. The molecule has 20 heavy (non-hydrogen) atoms. The second kappa shape index (κ2) is 6.69. The summed E-state index contributed by atoms with van der Waals surface area (Å²) in [5.74, 6) is -0.428. The number of likely N-dealkylation sites (N-methyl/N-ethyl adjacent to an activating group) is 1. The lowest BCUT2D eigenvalue weighted by Gasteiger charge is -2.19. The van der Waals surface area contributed by atoms with Crippen molar-refractivity contribution in [2.24, 2.45) is 0 Å². The highest BCUT2D eigenvalue weighted by Gasteiger charge is 2.34. The summed E-state index contributed by atoms with van der Waals surface area (Å²) in [4.78, 5) is 27.7. The fraction of sp³-hybridized carbons (Fsp3) is 0.615. The molecule has 1 heterocycles. The molecular weight excluding hydrogens is 278 g/mol. The van der Waals surface area contributed by atoms with Crippen molar-refractivity contribution in [1.82, 2.24) is 10.3 Å². The molecule has 0 saturated carbocycles. The molecule has 0 aromatic carbocycles. The Morgan fingerprint density at radius 1 is 1.50 bits per heavy atom. The first-order valence-electron chi connectivity index (χ1n) is 6.44. The maximum atomic E-state index is 11.9. The number of rotatable bonds is 6. The fourth-order valence-corrected chi connectivity index (χ4v) is 2.48. The van der Waals surface area contributed by atoms with Crippen LogP contribution in [0.25, 0.3) is 0 Å². The number of hydrogen-bond donors (Lipinski definition) is 2. The first-order chi connectivity index (χ1) is 9.32. The van der Waals surface area contributed by atoms with Crippen LogP contribution < -0.4 is 10.6 Å². The average molecular weight is 299 g/mol. The van der Waals surface area contributed by atoms with Crippen molar-refractivity contribution in [3.05, 3.63) is 11.1 Å². The van der Waals surface area contributed by atoms with Crippen molar-refractivity contribution < 1.29 is 14.3 Å². The van der Waals surface area contributed by atoms with E-state index < -0.39 is 5.41 Å². The second-order valence-electron chi connectivity index (χ2n) is 4.86.